The van der Waals surface area contributed by atoms with Crippen molar-refractivity contribution in [2.45, 2.75) is 12.8 Å². The second-order valence-electron chi connectivity index (χ2n) is 4.58. The molecule has 0 aromatic rings. The fourth-order valence-electron chi connectivity index (χ4n) is 2.09. The number of carboxylic acid groups (broad SMARTS) is 1. The summed E-state index contributed by atoms with van der Waals surface area (Å²) in [7, 11) is -1.71. The first-order chi connectivity index (χ1) is 8.95. The zero-order valence-corrected chi connectivity index (χ0v) is 12.1. The molecule has 1 N–H and O–H groups in total. The number of ether oxygens (including phenoxy) is 1. The maximum absolute atomic E-state index is 12.1. The van der Waals surface area contributed by atoms with Gasteiger partial charge >= 0.3 is 5.97 Å². The van der Waals surface area contributed by atoms with Crippen LogP contribution in [0, 0.1) is 0 Å². The van der Waals surface area contributed by atoms with Crippen LogP contribution in [0.5, 0.6) is 0 Å². The summed E-state index contributed by atoms with van der Waals surface area (Å²) in [4.78, 5) is 12.4. The average molecular weight is 294 g/mol. The van der Waals surface area contributed by atoms with Gasteiger partial charge in [-0.2, -0.15) is 0 Å². The van der Waals surface area contributed by atoms with Crippen LogP contribution in [-0.4, -0.2) is 80.9 Å². The molecule has 0 unspecified atom stereocenters. The molecule has 112 valence electrons. The Morgan fingerprint density at radius 3 is 2.63 bits per heavy atom. The van der Waals surface area contributed by atoms with Crippen LogP contribution in [0.25, 0.3) is 0 Å². The Kier molecular flexibility index (Phi) is 6.70. The highest BCUT2D eigenvalue weighted by Gasteiger charge is 2.25. The fraction of sp³-hybridized carbons (Fsp3) is 0.909. The summed E-state index contributed by atoms with van der Waals surface area (Å²) >= 11 is 0. The molecule has 1 aliphatic rings. The van der Waals surface area contributed by atoms with Gasteiger partial charge in [0.2, 0.25) is 10.0 Å². The molecular formula is C11H22N2O5S. The zero-order chi connectivity index (χ0) is 14.3. The van der Waals surface area contributed by atoms with E-state index in [-0.39, 0.29) is 12.3 Å². The quantitative estimate of drug-likeness (QED) is 0.634. The predicted molar refractivity (Wildman–Crippen MR) is 70.5 cm³/mol. The molecule has 0 saturated carbocycles. The van der Waals surface area contributed by atoms with Crippen molar-refractivity contribution < 1.29 is 23.1 Å². The zero-order valence-electron chi connectivity index (χ0n) is 11.2. The Morgan fingerprint density at radius 1 is 1.26 bits per heavy atom. The van der Waals surface area contributed by atoms with Crippen molar-refractivity contribution in [2.24, 2.45) is 0 Å². The minimum atomic E-state index is -3.25. The highest BCUT2D eigenvalue weighted by molar-refractivity contribution is 7.89. The van der Waals surface area contributed by atoms with Gasteiger partial charge in [-0.15, -0.1) is 0 Å². The summed E-state index contributed by atoms with van der Waals surface area (Å²) in [6.45, 7) is 2.32. The van der Waals surface area contributed by atoms with Crippen molar-refractivity contribution in [1.29, 1.82) is 0 Å². The van der Waals surface area contributed by atoms with E-state index in [9.17, 15) is 13.2 Å². The van der Waals surface area contributed by atoms with Crippen LogP contribution in [0.3, 0.4) is 0 Å². The second-order valence-corrected chi connectivity index (χ2v) is 6.67. The Hall–Kier alpha value is -0.700. The topological polar surface area (TPSA) is 87.2 Å². The van der Waals surface area contributed by atoms with Crippen molar-refractivity contribution in [2.75, 3.05) is 52.2 Å². The Bertz CT molecular complexity index is 385. The van der Waals surface area contributed by atoms with Crippen molar-refractivity contribution >= 4 is 16.0 Å². The van der Waals surface area contributed by atoms with Gasteiger partial charge in [-0.1, -0.05) is 0 Å². The first-order valence-electron chi connectivity index (χ1n) is 6.36. The van der Waals surface area contributed by atoms with E-state index in [0.717, 1.165) is 0 Å². The summed E-state index contributed by atoms with van der Waals surface area (Å²) in [6.07, 6.45) is 1.14. The Labute approximate surface area is 114 Å². The number of hydrogen-bond donors (Lipinski definition) is 1. The predicted octanol–water partition coefficient (Wildman–Crippen LogP) is -0.555. The third-order valence-corrected chi connectivity index (χ3v) is 5.01. The van der Waals surface area contributed by atoms with Crippen LogP contribution in [0.1, 0.15) is 12.8 Å². The molecule has 0 radical (unpaired) electrons. The molecule has 7 nitrogen and oxygen atoms in total. The van der Waals surface area contributed by atoms with E-state index < -0.39 is 16.0 Å². The number of rotatable bonds is 7. The SMILES string of the molecule is COCCCS(=O)(=O)N1CCCN(CC(=O)O)CC1. The monoisotopic (exact) mass is 294 g/mol. The van der Waals surface area contributed by atoms with Crippen molar-refractivity contribution in [1.82, 2.24) is 9.21 Å². The Balaban J connectivity index is 2.49. The van der Waals surface area contributed by atoms with E-state index in [2.05, 4.69) is 0 Å². The molecule has 0 atom stereocenters. The second kappa shape index (κ2) is 7.78. The van der Waals surface area contributed by atoms with Gasteiger partial charge in [0.1, 0.15) is 0 Å². The maximum atomic E-state index is 12.1. The van der Waals surface area contributed by atoms with Crippen LogP contribution < -0.4 is 0 Å². The van der Waals surface area contributed by atoms with Gasteiger partial charge in [0, 0.05) is 39.9 Å². The van der Waals surface area contributed by atoms with Crippen molar-refractivity contribution in [3.63, 3.8) is 0 Å². The van der Waals surface area contributed by atoms with E-state index in [1.54, 1.807) is 12.0 Å². The lowest BCUT2D eigenvalue weighted by Crippen LogP contribution is -2.37. The van der Waals surface area contributed by atoms with Crippen molar-refractivity contribution in [3.8, 4) is 0 Å². The molecule has 1 saturated heterocycles. The molecule has 0 amide bonds. The molecule has 0 bridgehead atoms. The first kappa shape index (κ1) is 16.4. The maximum Gasteiger partial charge on any atom is 0.317 e. The summed E-state index contributed by atoms with van der Waals surface area (Å²) in [5, 5.41) is 8.74. The van der Waals surface area contributed by atoms with Gasteiger partial charge in [0.25, 0.3) is 0 Å². The van der Waals surface area contributed by atoms with Crippen LogP contribution in [0.15, 0.2) is 0 Å². The van der Waals surface area contributed by atoms with E-state index in [1.165, 1.54) is 4.31 Å². The molecule has 1 rings (SSSR count). The van der Waals surface area contributed by atoms with Gasteiger partial charge in [0.15, 0.2) is 0 Å². The van der Waals surface area contributed by atoms with E-state index in [1.807, 2.05) is 0 Å². The standard InChI is InChI=1S/C11H22N2O5S/c1-18-8-3-9-19(16,17)13-5-2-4-12(6-7-13)10-11(14)15/h2-10H2,1H3,(H,14,15). The first-order valence-corrected chi connectivity index (χ1v) is 7.97. The number of methoxy groups -OCH3 is 1. The van der Waals surface area contributed by atoms with Gasteiger partial charge in [-0.25, -0.2) is 12.7 Å². The largest absolute Gasteiger partial charge is 0.480 e. The minimum absolute atomic E-state index is 0.0302. The molecule has 0 aliphatic carbocycles. The summed E-state index contributed by atoms with van der Waals surface area (Å²) in [5.74, 6) is -0.795. The van der Waals surface area contributed by atoms with E-state index in [4.69, 9.17) is 9.84 Å². The third kappa shape index (κ3) is 5.85. The minimum Gasteiger partial charge on any atom is -0.480 e. The van der Waals surface area contributed by atoms with Gasteiger partial charge in [-0.05, 0) is 12.8 Å². The van der Waals surface area contributed by atoms with Gasteiger partial charge < -0.3 is 9.84 Å². The summed E-state index contributed by atoms with van der Waals surface area (Å²) in [6, 6.07) is 0. The lowest BCUT2D eigenvalue weighted by Gasteiger charge is -2.20. The van der Waals surface area contributed by atoms with E-state index in [0.29, 0.717) is 45.6 Å². The molecule has 8 heteroatoms. The van der Waals surface area contributed by atoms with Crippen LogP contribution >= 0.6 is 0 Å². The molecule has 0 spiro atoms. The fourth-order valence-corrected chi connectivity index (χ4v) is 3.60. The number of carboxylic acids is 1. The van der Waals surface area contributed by atoms with E-state index >= 15 is 0 Å². The molecule has 1 aliphatic heterocycles. The van der Waals surface area contributed by atoms with Crippen LogP contribution in [0.4, 0.5) is 0 Å². The molecule has 0 aromatic carbocycles. The highest BCUT2D eigenvalue weighted by Crippen LogP contribution is 2.09. The molecule has 0 aromatic heterocycles. The summed E-state index contributed by atoms with van der Waals surface area (Å²) in [5.41, 5.74) is 0. The van der Waals surface area contributed by atoms with Gasteiger partial charge in [0.05, 0.1) is 12.3 Å². The third-order valence-electron chi connectivity index (χ3n) is 3.05. The molecule has 1 fully saturated rings. The molecule has 19 heavy (non-hydrogen) atoms. The number of hydrogen-bond acceptors (Lipinski definition) is 5. The Morgan fingerprint density at radius 2 is 2.00 bits per heavy atom. The number of sulfonamides is 1. The number of aliphatic carboxylic acids is 1. The van der Waals surface area contributed by atoms with Crippen molar-refractivity contribution in [3.05, 3.63) is 0 Å². The lowest BCUT2D eigenvalue weighted by atomic mass is 10.4. The highest BCUT2D eigenvalue weighted by atomic mass is 32.2. The van der Waals surface area contributed by atoms with Gasteiger partial charge in [-0.3, -0.25) is 9.69 Å². The summed E-state index contributed by atoms with van der Waals surface area (Å²) < 4.78 is 30.5. The average Bonchev–Trinajstić information content (AvgIpc) is 2.54. The molecule has 1 heterocycles. The number of nitrogens with zero attached hydrogens (tertiary/aromatic N) is 2. The van der Waals surface area contributed by atoms with Crippen LogP contribution in [0.2, 0.25) is 0 Å². The normalized spacial score (nSPS) is 19.2. The smallest absolute Gasteiger partial charge is 0.317 e. The lowest BCUT2D eigenvalue weighted by molar-refractivity contribution is -0.138. The molecular weight excluding hydrogens is 272 g/mol. The van der Waals surface area contributed by atoms with Crippen LogP contribution in [-0.2, 0) is 19.6 Å². The number of carbonyl (C=O) groups is 1.